The van der Waals surface area contributed by atoms with Crippen LogP contribution in [0.25, 0.3) is 10.2 Å². The van der Waals surface area contributed by atoms with E-state index in [0.717, 1.165) is 54.5 Å². The van der Waals surface area contributed by atoms with Crippen LogP contribution < -0.4 is 10.2 Å². The lowest BCUT2D eigenvalue weighted by Gasteiger charge is -2.36. The molecule has 168 valence electrons. The highest BCUT2D eigenvalue weighted by Crippen LogP contribution is 2.40. The summed E-state index contributed by atoms with van der Waals surface area (Å²) in [6.45, 7) is 7.22. The molecular formula is C25H31N5OS. The van der Waals surface area contributed by atoms with Gasteiger partial charge in [-0.2, -0.15) is 0 Å². The van der Waals surface area contributed by atoms with Gasteiger partial charge in [-0.3, -0.25) is 0 Å². The van der Waals surface area contributed by atoms with E-state index in [1.54, 1.807) is 0 Å². The number of nitrogens with one attached hydrogen (secondary N) is 1. The molecule has 1 fully saturated rings. The lowest BCUT2D eigenvalue weighted by Crippen LogP contribution is -2.50. The Hall–Kier alpha value is -2.67. The summed E-state index contributed by atoms with van der Waals surface area (Å²) in [5.41, 5.74) is 3.60. The van der Waals surface area contributed by atoms with Gasteiger partial charge in [-0.15, -0.1) is 11.3 Å². The number of thiophene rings is 1. The third kappa shape index (κ3) is 4.06. The van der Waals surface area contributed by atoms with E-state index >= 15 is 0 Å². The summed E-state index contributed by atoms with van der Waals surface area (Å²) in [5.74, 6) is 2.00. The van der Waals surface area contributed by atoms with Crippen molar-refractivity contribution in [1.82, 2.24) is 14.9 Å². The van der Waals surface area contributed by atoms with Crippen LogP contribution >= 0.6 is 11.3 Å². The van der Waals surface area contributed by atoms with Crippen molar-refractivity contribution in [2.75, 3.05) is 36.4 Å². The van der Waals surface area contributed by atoms with E-state index in [9.17, 15) is 4.79 Å². The molecule has 1 N–H and O–H groups in total. The van der Waals surface area contributed by atoms with Crippen LogP contribution in [0.15, 0.2) is 24.3 Å². The molecule has 6 nitrogen and oxygen atoms in total. The quantitative estimate of drug-likeness (QED) is 0.606. The lowest BCUT2D eigenvalue weighted by molar-refractivity contribution is 0.208. The molecule has 0 atom stereocenters. The van der Waals surface area contributed by atoms with Crippen molar-refractivity contribution in [1.29, 1.82) is 0 Å². The average molecular weight is 450 g/mol. The molecule has 3 aromatic rings. The minimum atomic E-state index is -0.0242. The molecule has 0 spiro atoms. The summed E-state index contributed by atoms with van der Waals surface area (Å²) in [5, 5.41) is 4.32. The highest BCUT2D eigenvalue weighted by molar-refractivity contribution is 7.19. The number of hydrogen-bond donors (Lipinski definition) is 1. The molecule has 5 rings (SSSR count). The number of rotatable bonds is 4. The zero-order valence-electron chi connectivity index (χ0n) is 19.0. The van der Waals surface area contributed by atoms with E-state index in [1.165, 1.54) is 40.7 Å². The van der Waals surface area contributed by atoms with Crippen molar-refractivity contribution < 1.29 is 4.79 Å². The Balaban J connectivity index is 1.32. The Kier molecular flexibility index (Phi) is 6.00. The topological polar surface area (TPSA) is 61.4 Å². The largest absolute Gasteiger partial charge is 0.352 e. The molecule has 3 heterocycles. The fourth-order valence-electron chi connectivity index (χ4n) is 4.72. The molecule has 2 aliphatic rings. The minimum Gasteiger partial charge on any atom is -0.352 e. The smallest absolute Gasteiger partial charge is 0.321 e. The first kappa shape index (κ1) is 21.2. The van der Waals surface area contributed by atoms with Gasteiger partial charge >= 0.3 is 6.03 Å². The van der Waals surface area contributed by atoms with Gasteiger partial charge in [0.15, 0.2) is 0 Å². The van der Waals surface area contributed by atoms with Gasteiger partial charge in [-0.25, -0.2) is 14.8 Å². The van der Waals surface area contributed by atoms with E-state index in [1.807, 2.05) is 28.4 Å². The number of benzene rings is 1. The fourth-order valence-corrected chi connectivity index (χ4v) is 5.99. The number of aromatic nitrogens is 2. The third-order valence-corrected chi connectivity index (χ3v) is 7.82. The molecule has 2 aromatic heterocycles. The fraction of sp³-hybridized carbons (Fsp3) is 0.480. The van der Waals surface area contributed by atoms with Crippen LogP contribution in [0.4, 0.5) is 16.3 Å². The van der Waals surface area contributed by atoms with E-state index < -0.39 is 0 Å². The molecule has 32 heavy (non-hydrogen) atoms. The van der Waals surface area contributed by atoms with Gasteiger partial charge < -0.3 is 15.1 Å². The number of carbonyl (C=O) groups excluding carboxylic acids is 1. The first-order chi connectivity index (χ1) is 15.7. The van der Waals surface area contributed by atoms with Crippen molar-refractivity contribution in [3.8, 4) is 0 Å². The standard InChI is InChI=1S/C25H31N5OS/c1-3-17-9-11-18(12-10-17)26-25(31)30-15-13-29(14-16-30)23-22-19-7-5-6-8-20(19)32-24(22)28-21(4-2)27-23/h9-12H,3-8,13-16H2,1-2H3,(H,26,31). The van der Waals surface area contributed by atoms with Gasteiger partial charge in [0, 0.05) is 43.2 Å². The van der Waals surface area contributed by atoms with E-state index in [0.29, 0.717) is 13.1 Å². The molecule has 0 radical (unpaired) electrons. The Morgan fingerprint density at radius 3 is 2.47 bits per heavy atom. The van der Waals surface area contributed by atoms with Crippen LogP contribution in [0.3, 0.4) is 0 Å². The van der Waals surface area contributed by atoms with Crippen LogP contribution in [0.2, 0.25) is 0 Å². The summed E-state index contributed by atoms with van der Waals surface area (Å²) >= 11 is 1.86. The van der Waals surface area contributed by atoms with Crippen LogP contribution in [-0.4, -0.2) is 47.1 Å². The van der Waals surface area contributed by atoms with Crippen LogP contribution in [0.5, 0.6) is 0 Å². The molecule has 1 saturated heterocycles. The Labute approximate surface area is 193 Å². The number of aryl methyl sites for hydroxylation is 4. The second-order valence-electron chi connectivity index (χ2n) is 8.66. The van der Waals surface area contributed by atoms with Gasteiger partial charge in [-0.1, -0.05) is 26.0 Å². The number of anilines is 2. The van der Waals surface area contributed by atoms with E-state index in [4.69, 9.17) is 9.97 Å². The molecule has 2 amide bonds. The molecule has 7 heteroatoms. The van der Waals surface area contributed by atoms with Crippen molar-refractivity contribution >= 4 is 39.1 Å². The normalized spacial score (nSPS) is 16.3. The molecule has 0 saturated carbocycles. The second kappa shape index (κ2) is 9.06. The Bertz CT molecular complexity index is 1120. The molecule has 1 aliphatic carbocycles. The predicted molar refractivity (Wildman–Crippen MR) is 132 cm³/mol. The number of amides is 2. The number of nitrogens with zero attached hydrogens (tertiary/aromatic N) is 4. The Morgan fingerprint density at radius 2 is 1.75 bits per heavy atom. The van der Waals surface area contributed by atoms with Crippen LogP contribution in [0.1, 0.15) is 48.5 Å². The summed E-state index contributed by atoms with van der Waals surface area (Å²) in [4.78, 5) is 29.6. The Morgan fingerprint density at radius 1 is 1.00 bits per heavy atom. The maximum absolute atomic E-state index is 12.8. The molecule has 0 unspecified atom stereocenters. The van der Waals surface area contributed by atoms with Crippen molar-refractivity contribution in [2.24, 2.45) is 0 Å². The zero-order chi connectivity index (χ0) is 22.1. The van der Waals surface area contributed by atoms with E-state index in [2.05, 4.69) is 36.2 Å². The minimum absolute atomic E-state index is 0.0242. The number of fused-ring (bicyclic) bond motifs is 3. The summed E-state index contributed by atoms with van der Waals surface area (Å²) in [6.07, 6.45) is 6.67. The maximum Gasteiger partial charge on any atom is 0.321 e. The van der Waals surface area contributed by atoms with E-state index in [-0.39, 0.29) is 6.03 Å². The van der Waals surface area contributed by atoms with Gasteiger partial charge in [-0.05, 0) is 55.4 Å². The first-order valence-electron chi connectivity index (χ1n) is 11.9. The third-order valence-electron chi connectivity index (χ3n) is 6.64. The molecule has 1 aromatic carbocycles. The molecule has 1 aliphatic heterocycles. The van der Waals surface area contributed by atoms with Gasteiger partial charge in [0.05, 0.1) is 5.39 Å². The SMILES string of the molecule is CCc1ccc(NC(=O)N2CCN(c3nc(CC)nc4sc5c(c34)CCCC5)CC2)cc1. The summed E-state index contributed by atoms with van der Waals surface area (Å²) in [6, 6.07) is 8.08. The molecular weight excluding hydrogens is 418 g/mol. The first-order valence-corrected chi connectivity index (χ1v) is 12.7. The predicted octanol–water partition coefficient (Wildman–Crippen LogP) is 5.05. The van der Waals surface area contributed by atoms with Gasteiger partial charge in [0.25, 0.3) is 0 Å². The second-order valence-corrected chi connectivity index (χ2v) is 9.75. The summed E-state index contributed by atoms with van der Waals surface area (Å²) in [7, 11) is 0. The van der Waals surface area contributed by atoms with Gasteiger partial charge in [0.1, 0.15) is 16.5 Å². The number of carbonyl (C=O) groups is 1. The zero-order valence-corrected chi connectivity index (χ0v) is 19.8. The summed E-state index contributed by atoms with van der Waals surface area (Å²) < 4.78 is 0. The van der Waals surface area contributed by atoms with Crippen molar-refractivity contribution in [3.05, 3.63) is 46.1 Å². The number of urea groups is 1. The van der Waals surface area contributed by atoms with Crippen molar-refractivity contribution in [2.45, 2.75) is 52.4 Å². The number of piperazine rings is 1. The van der Waals surface area contributed by atoms with Crippen LogP contribution in [0, 0.1) is 0 Å². The maximum atomic E-state index is 12.8. The van der Waals surface area contributed by atoms with Crippen molar-refractivity contribution in [3.63, 3.8) is 0 Å². The van der Waals surface area contributed by atoms with Gasteiger partial charge in [0.2, 0.25) is 0 Å². The highest BCUT2D eigenvalue weighted by Gasteiger charge is 2.27. The highest BCUT2D eigenvalue weighted by atomic mass is 32.1. The molecule has 0 bridgehead atoms. The number of hydrogen-bond acceptors (Lipinski definition) is 5. The monoisotopic (exact) mass is 449 g/mol. The average Bonchev–Trinajstić information content (AvgIpc) is 3.22. The van der Waals surface area contributed by atoms with Crippen LogP contribution in [-0.2, 0) is 25.7 Å². The lowest BCUT2D eigenvalue weighted by atomic mass is 9.97.